The fourth-order valence-corrected chi connectivity index (χ4v) is 3.83. The van der Waals surface area contributed by atoms with Crippen LogP contribution in [0.2, 0.25) is 0 Å². The highest BCUT2D eigenvalue weighted by Crippen LogP contribution is 2.39. The summed E-state index contributed by atoms with van der Waals surface area (Å²) < 4.78 is 27.2. The average Bonchev–Trinajstić information content (AvgIpc) is 3.13. The molecule has 1 fully saturated rings. The van der Waals surface area contributed by atoms with Gasteiger partial charge < -0.3 is 5.32 Å². The summed E-state index contributed by atoms with van der Waals surface area (Å²) in [6.45, 7) is 0. The van der Waals surface area contributed by atoms with Crippen LogP contribution in [-0.4, -0.2) is 0 Å². The molecule has 3 rings (SSSR count). The number of hydrogen-bond donors (Lipinski definition) is 1. The van der Waals surface area contributed by atoms with Gasteiger partial charge in [-0.25, -0.2) is 8.78 Å². The zero-order valence-corrected chi connectivity index (χ0v) is 11.9. The minimum Gasteiger partial charge on any atom is -0.375 e. The van der Waals surface area contributed by atoms with Crippen LogP contribution in [-0.2, 0) is 0 Å². The summed E-state index contributed by atoms with van der Waals surface area (Å²) in [7, 11) is 0. The minimum absolute atomic E-state index is 0.0776. The summed E-state index contributed by atoms with van der Waals surface area (Å²) in [6.07, 6.45) is 4.73. The molecule has 20 heavy (non-hydrogen) atoms. The lowest BCUT2D eigenvalue weighted by Gasteiger charge is -2.25. The van der Waals surface area contributed by atoms with Crippen LogP contribution in [0.15, 0.2) is 35.7 Å². The molecule has 1 atom stereocenters. The lowest BCUT2D eigenvalue weighted by atomic mass is 9.96. The predicted molar refractivity (Wildman–Crippen MR) is 79.0 cm³/mol. The predicted octanol–water partition coefficient (Wildman–Crippen LogP) is 5.37. The van der Waals surface area contributed by atoms with Gasteiger partial charge in [0, 0.05) is 4.88 Å². The van der Waals surface area contributed by atoms with Gasteiger partial charge in [0.15, 0.2) is 11.6 Å². The van der Waals surface area contributed by atoms with Gasteiger partial charge in [-0.15, -0.1) is 11.3 Å². The van der Waals surface area contributed by atoms with Crippen molar-refractivity contribution >= 4 is 17.0 Å². The number of hydrogen-bond acceptors (Lipinski definition) is 2. The Hall–Kier alpha value is -1.42. The Kier molecular flexibility index (Phi) is 4.01. The maximum absolute atomic E-state index is 13.9. The fraction of sp³-hybridized carbons (Fsp3) is 0.375. The normalized spacial score (nSPS) is 17.3. The van der Waals surface area contributed by atoms with Gasteiger partial charge >= 0.3 is 0 Å². The molecule has 0 aliphatic heterocycles. The molecule has 1 aromatic carbocycles. The van der Waals surface area contributed by atoms with Gasteiger partial charge in [0.25, 0.3) is 0 Å². The number of benzene rings is 1. The van der Waals surface area contributed by atoms with E-state index >= 15 is 0 Å². The number of nitrogens with one attached hydrogen (secondary N) is 1. The molecular formula is C16H17F2NS. The fourth-order valence-electron chi connectivity index (χ4n) is 2.96. The van der Waals surface area contributed by atoms with Gasteiger partial charge in [0.1, 0.15) is 0 Å². The van der Waals surface area contributed by atoms with Crippen LogP contribution in [0.1, 0.15) is 36.6 Å². The highest BCUT2D eigenvalue weighted by molar-refractivity contribution is 7.10. The van der Waals surface area contributed by atoms with Crippen LogP contribution in [0.5, 0.6) is 0 Å². The van der Waals surface area contributed by atoms with E-state index in [9.17, 15) is 8.78 Å². The van der Waals surface area contributed by atoms with E-state index in [-0.39, 0.29) is 11.7 Å². The first kappa shape index (κ1) is 13.6. The van der Waals surface area contributed by atoms with Crippen LogP contribution in [0, 0.1) is 17.6 Å². The number of thiophene rings is 1. The van der Waals surface area contributed by atoms with E-state index in [1.165, 1.54) is 17.7 Å². The maximum Gasteiger partial charge on any atom is 0.181 e. The van der Waals surface area contributed by atoms with Crippen molar-refractivity contribution in [3.05, 3.63) is 52.2 Å². The van der Waals surface area contributed by atoms with Gasteiger partial charge in [-0.2, -0.15) is 0 Å². The van der Waals surface area contributed by atoms with Crippen molar-refractivity contribution in [3.63, 3.8) is 0 Å². The van der Waals surface area contributed by atoms with E-state index in [0.29, 0.717) is 5.92 Å². The van der Waals surface area contributed by atoms with Crippen molar-refractivity contribution in [2.24, 2.45) is 5.92 Å². The number of halogens is 2. The molecule has 1 aliphatic rings. The molecule has 1 saturated carbocycles. The Morgan fingerprint density at radius 3 is 2.60 bits per heavy atom. The second kappa shape index (κ2) is 5.92. The Morgan fingerprint density at radius 1 is 1.10 bits per heavy atom. The molecule has 2 aromatic rings. The molecule has 1 aliphatic carbocycles. The second-order valence-corrected chi connectivity index (χ2v) is 6.26. The standard InChI is InChI=1S/C16H17F2NS/c17-12-7-3-8-13(15(12)18)19-16(11-5-1-2-6-11)14-9-4-10-20-14/h3-4,7-11,16,19H,1-2,5-6H2. The van der Waals surface area contributed by atoms with Crippen molar-refractivity contribution in [2.45, 2.75) is 31.7 Å². The summed E-state index contributed by atoms with van der Waals surface area (Å²) in [4.78, 5) is 1.19. The first-order valence-corrected chi connectivity index (χ1v) is 7.87. The molecule has 106 valence electrons. The summed E-state index contributed by atoms with van der Waals surface area (Å²) in [5.74, 6) is -1.09. The SMILES string of the molecule is Fc1cccc(NC(c2cccs2)C2CCCC2)c1F. The number of anilines is 1. The molecule has 1 N–H and O–H groups in total. The molecule has 4 heteroatoms. The first-order chi connectivity index (χ1) is 9.75. The largest absolute Gasteiger partial charge is 0.375 e. The van der Waals surface area contributed by atoms with E-state index < -0.39 is 11.6 Å². The summed E-state index contributed by atoms with van der Waals surface area (Å²) >= 11 is 1.67. The van der Waals surface area contributed by atoms with E-state index in [1.807, 2.05) is 11.4 Å². The van der Waals surface area contributed by atoms with Crippen molar-refractivity contribution in [1.82, 2.24) is 0 Å². The third kappa shape index (κ3) is 2.70. The lowest BCUT2D eigenvalue weighted by Crippen LogP contribution is -2.18. The monoisotopic (exact) mass is 293 g/mol. The maximum atomic E-state index is 13.9. The lowest BCUT2D eigenvalue weighted by molar-refractivity contribution is 0.467. The Bertz CT molecular complexity index is 562. The summed E-state index contributed by atoms with van der Waals surface area (Å²) in [6, 6.07) is 8.45. The molecule has 0 bridgehead atoms. The minimum atomic E-state index is -0.800. The summed E-state index contributed by atoms with van der Waals surface area (Å²) in [5, 5.41) is 5.26. The third-order valence-electron chi connectivity index (χ3n) is 3.98. The average molecular weight is 293 g/mol. The molecule has 0 amide bonds. The quantitative estimate of drug-likeness (QED) is 0.799. The van der Waals surface area contributed by atoms with Crippen LogP contribution in [0.3, 0.4) is 0 Å². The van der Waals surface area contributed by atoms with Crippen LogP contribution in [0.25, 0.3) is 0 Å². The van der Waals surface area contributed by atoms with Gasteiger partial charge in [-0.05, 0) is 42.3 Å². The second-order valence-electron chi connectivity index (χ2n) is 5.28. The molecular weight excluding hydrogens is 276 g/mol. The molecule has 1 nitrogen and oxygen atoms in total. The van der Waals surface area contributed by atoms with Crippen LogP contribution >= 0.6 is 11.3 Å². The van der Waals surface area contributed by atoms with Crippen molar-refractivity contribution in [3.8, 4) is 0 Å². The van der Waals surface area contributed by atoms with Crippen LogP contribution < -0.4 is 5.32 Å². The molecule has 1 heterocycles. The molecule has 0 radical (unpaired) electrons. The molecule has 1 unspecified atom stereocenters. The zero-order chi connectivity index (χ0) is 13.9. The van der Waals surface area contributed by atoms with E-state index in [4.69, 9.17) is 0 Å². The van der Waals surface area contributed by atoms with E-state index in [1.54, 1.807) is 23.5 Å². The molecule has 0 saturated heterocycles. The topological polar surface area (TPSA) is 12.0 Å². The highest BCUT2D eigenvalue weighted by atomic mass is 32.1. The van der Waals surface area contributed by atoms with Crippen molar-refractivity contribution < 1.29 is 8.78 Å². The smallest absolute Gasteiger partial charge is 0.181 e. The zero-order valence-electron chi connectivity index (χ0n) is 11.1. The van der Waals surface area contributed by atoms with Gasteiger partial charge in [-0.3, -0.25) is 0 Å². The first-order valence-electron chi connectivity index (χ1n) is 6.99. The highest BCUT2D eigenvalue weighted by Gasteiger charge is 2.27. The Morgan fingerprint density at radius 2 is 1.90 bits per heavy atom. The molecule has 1 aromatic heterocycles. The van der Waals surface area contributed by atoms with E-state index in [0.717, 1.165) is 18.9 Å². The third-order valence-corrected chi connectivity index (χ3v) is 4.94. The van der Waals surface area contributed by atoms with Gasteiger partial charge in [-0.1, -0.05) is 25.0 Å². The van der Waals surface area contributed by atoms with Crippen molar-refractivity contribution in [1.29, 1.82) is 0 Å². The van der Waals surface area contributed by atoms with Crippen molar-refractivity contribution in [2.75, 3.05) is 5.32 Å². The van der Waals surface area contributed by atoms with E-state index in [2.05, 4.69) is 11.4 Å². The van der Waals surface area contributed by atoms with Crippen LogP contribution in [0.4, 0.5) is 14.5 Å². The number of rotatable bonds is 4. The van der Waals surface area contributed by atoms with Gasteiger partial charge in [0.05, 0.1) is 11.7 Å². The Balaban J connectivity index is 1.88. The summed E-state index contributed by atoms with van der Waals surface area (Å²) in [5.41, 5.74) is 0.260. The van der Waals surface area contributed by atoms with Gasteiger partial charge in [0.2, 0.25) is 0 Å². The Labute approximate surface area is 121 Å². The molecule has 0 spiro atoms.